The van der Waals surface area contributed by atoms with E-state index in [4.69, 9.17) is 9.47 Å². The van der Waals surface area contributed by atoms with Crippen molar-refractivity contribution in [2.24, 2.45) is 0 Å². The van der Waals surface area contributed by atoms with Crippen LogP contribution in [0.1, 0.15) is 22.8 Å². The van der Waals surface area contributed by atoms with Gasteiger partial charge in [-0.1, -0.05) is 13.0 Å². The van der Waals surface area contributed by atoms with E-state index in [1.54, 1.807) is 31.0 Å². The maximum absolute atomic E-state index is 11.7. The summed E-state index contributed by atoms with van der Waals surface area (Å²) in [7, 11) is 1.59. The van der Waals surface area contributed by atoms with E-state index in [9.17, 15) is 4.79 Å². The maximum Gasteiger partial charge on any atom is 0.338 e. The molecule has 4 heteroatoms. The molecule has 0 heterocycles. The van der Waals surface area contributed by atoms with E-state index in [1.165, 1.54) is 0 Å². The van der Waals surface area contributed by atoms with Crippen LogP contribution in [0.3, 0.4) is 0 Å². The predicted octanol–water partition coefficient (Wildman–Crippen LogP) is 2.91. The molecular weight excluding hydrogens is 236 g/mol. The summed E-state index contributed by atoms with van der Waals surface area (Å²) >= 11 is 1.75. The normalized spacial score (nSPS) is 10.1. The number of ether oxygens (including phenoxy) is 2. The van der Waals surface area contributed by atoms with Crippen molar-refractivity contribution in [3.8, 4) is 5.75 Å². The molecule has 0 fully saturated rings. The van der Waals surface area contributed by atoms with E-state index in [2.05, 4.69) is 6.92 Å². The molecular formula is C13H18O3S. The van der Waals surface area contributed by atoms with E-state index in [0.717, 1.165) is 17.1 Å². The molecule has 0 saturated heterocycles. The molecule has 0 saturated carbocycles. The standard InChI is InChI=1S/C13H18O3S/c1-4-17-8-7-16-13(14)11-6-5-10(2)12(9-11)15-3/h5-6,9H,4,7-8H2,1-3H3. The van der Waals surface area contributed by atoms with Crippen LogP contribution in [0.2, 0.25) is 0 Å². The topological polar surface area (TPSA) is 35.5 Å². The van der Waals surface area contributed by atoms with Crippen molar-refractivity contribution in [1.82, 2.24) is 0 Å². The second-order valence-electron chi connectivity index (χ2n) is 3.52. The van der Waals surface area contributed by atoms with E-state index in [1.807, 2.05) is 13.0 Å². The molecule has 0 aliphatic carbocycles. The fourth-order valence-electron chi connectivity index (χ4n) is 1.37. The van der Waals surface area contributed by atoms with Crippen molar-refractivity contribution in [3.05, 3.63) is 29.3 Å². The highest BCUT2D eigenvalue weighted by Crippen LogP contribution is 2.19. The third-order valence-electron chi connectivity index (χ3n) is 2.31. The van der Waals surface area contributed by atoms with Crippen LogP contribution in [-0.4, -0.2) is 31.2 Å². The first kappa shape index (κ1) is 13.9. The summed E-state index contributed by atoms with van der Waals surface area (Å²) in [6.07, 6.45) is 0. The molecule has 0 aromatic heterocycles. The lowest BCUT2D eigenvalue weighted by atomic mass is 10.1. The fraction of sp³-hybridized carbons (Fsp3) is 0.462. The van der Waals surface area contributed by atoms with Gasteiger partial charge in [0.15, 0.2) is 0 Å². The minimum Gasteiger partial charge on any atom is -0.496 e. The van der Waals surface area contributed by atoms with Crippen molar-refractivity contribution in [2.45, 2.75) is 13.8 Å². The number of aryl methyl sites for hydroxylation is 1. The van der Waals surface area contributed by atoms with E-state index in [-0.39, 0.29) is 5.97 Å². The number of rotatable bonds is 6. The molecule has 0 bridgehead atoms. The number of thioether (sulfide) groups is 1. The zero-order valence-electron chi connectivity index (χ0n) is 10.5. The van der Waals surface area contributed by atoms with Gasteiger partial charge in [0.2, 0.25) is 0 Å². The molecule has 0 N–H and O–H groups in total. The third-order valence-corrected chi connectivity index (χ3v) is 3.17. The Morgan fingerprint density at radius 1 is 1.41 bits per heavy atom. The molecule has 0 unspecified atom stereocenters. The number of esters is 1. The van der Waals surface area contributed by atoms with E-state index >= 15 is 0 Å². The van der Waals surface area contributed by atoms with Gasteiger partial charge in [-0.25, -0.2) is 4.79 Å². The Bertz CT molecular complexity index is 377. The van der Waals surface area contributed by atoms with Gasteiger partial charge in [0.1, 0.15) is 12.4 Å². The molecule has 3 nitrogen and oxygen atoms in total. The van der Waals surface area contributed by atoms with Crippen LogP contribution in [0.5, 0.6) is 5.75 Å². The molecule has 0 aliphatic heterocycles. The van der Waals surface area contributed by atoms with Gasteiger partial charge < -0.3 is 9.47 Å². The summed E-state index contributed by atoms with van der Waals surface area (Å²) in [6.45, 7) is 4.47. The Kier molecular flexibility index (Phi) is 5.91. The largest absolute Gasteiger partial charge is 0.496 e. The average molecular weight is 254 g/mol. The van der Waals surface area contributed by atoms with E-state index < -0.39 is 0 Å². The number of hydrogen-bond acceptors (Lipinski definition) is 4. The summed E-state index contributed by atoms with van der Waals surface area (Å²) in [5, 5.41) is 0. The molecule has 94 valence electrons. The Hall–Kier alpha value is -1.16. The van der Waals surface area contributed by atoms with Crippen molar-refractivity contribution in [3.63, 3.8) is 0 Å². The average Bonchev–Trinajstić information content (AvgIpc) is 2.35. The molecule has 17 heavy (non-hydrogen) atoms. The smallest absolute Gasteiger partial charge is 0.338 e. The summed E-state index contributed by atoms with van der Waals surface area (Å²) in [5.41, 5.74) is 1.54. The maximum atomic E-state index is 11.7. The minimum atomic E-state index is -0.292. The molecule has 0 amide bonds. The Morgan fingerprint density at radius 3 is 2.82 bits per heavy atom. The second kappa shape index (κ2) is 7.22. The van der Waals surface area contributed by atoms with Gasteiger partial charge in [0, 0.05) is 5.75 Å². The Labute approximate surface area is 106 Å². The van der Waals surface area contributed by atoms with Crippen molar-refractivity contribution >= 4 is 17.7 Å². The summed E-state index contributed by atoms with van der Waals surface area (Å²) in [5.74, 6) is 2.30. The van der Waals surface area contributed by atoms with Crippen LogP contribution >= 0.6 is 11.8 Å². The quantitative estimate of drug-likeness (QED) is 0.577. The summed E-state index contributed by atoms with van der Waals surface area (Å²) in [6, 6.07) is 5.33. The van der Waals surface area contributed by atoms with Crippen LogP contribution in [0, 0.1) is 6.92 Å². The number of hydrogen-bond donors (Lipinski definition) is 0. The molecule has 0 aliphatic rings. The first-order chi connectivity index (χ1) is 8.19. The first-order valence-corrected chi connectivity index (χ1v) is 6.74. The van der Waals surface area contributed by atoms with Gasteiger partial charge in [0.25, 0.3) is 0 Å². The van der Waals surface area contributed by atoms with Gasteiger partial charge in [-0.2, -0.15) is 11.8 Å². The van der Waals surface area contributed by atoms with Crippen LogP contribution < -0.4 is 4.74 Å². The molecule has 1 aromatic carbocycles. The number of methoxy groups -OCH3 is 1. The van der Waals surface area contributed by atoms with Gasteiger partial charge in [0.05, 0.1) is 12.7 Å². The Balaban J connectivity index is 2.57. The minimum absolute atomic E-state index is 0.292. The fourth-order valence-corrected chi connectivity index (χ4v) is 1.86. The van der Waals surface area contributed by atoms with E-state index in [0.29, 0.717) is 17.9 Å². The molecule has 1 aromatic rings. The highest BCUT2D eigenvalue weighted by atomic mass is 32.2. The van der Waals surface area contributed by atoms with Crippen molar-refractivity contribution in [1.29, 1.82) is 0 Å². The Morgan fingerprint density at radius 2 is 2.18 bits per heavy atom. The predicted molar refractivity (Wildman–Crippen MR) is 71.0 cm³/mol. The molecule has 0 atom stereocenters. The zero-order chi connectivity index (χ0) is 12.7. The summed E-state index contributed by atoms with van der Waals surface area (Å²) < 4.78 is 10.3. The number of carbonyl (C=O) groups excluding carboxylic acids is 1. The lowest BCUT2D eigenvalue weighted by Gasteiger charge is -2.08. The second-order valence-corrected chi connectivity index (χ2v) is 4.91. The summed E-state index contributed by atoms with van der Waals surface area (Å²) in [4.78, 5) is 11.7. The third kappa shape index (κ3) is 4.30. The van der Waals surface area contributed by atoms with Crippen molar-refractivity contribution in [2.75, 3.05) is 25.2 Å². The monoisotopic (exact) mass is 254 g/mol. The highest BCUT2D eigenvalue weighted by Gasteiger charge is 2.09. The first-order valence-electron chi connectivity index (χ1n) is 5.58. The number of benzene rings is 1. The van der Waals surface area contributed by atoms with Crippen LogP contribution in [0.15, 0.2) is 18.2 Å². The number of carbonyl (C=O) groups is 1. The highest BCUT2D eigenvalue weighted by molar-refractivity contribution is 7.99. The molecule has 1 rings (SSSR count). The zero-order valence-corrected chi connectivity index (χ0v) is 11.3. The van der Waals surface area contributed by atoms with Crippen LogP contribution in [0.4, 0.5) is 0 Å². The molecule has 0 radical (unpaired) electrons. The van der Waals surface area contributed by atoms with Gasteiger partial charge in [-0.15, -0.1) is 0 Å². The van der Waals surface area contributed by atoms with Crippen molar-refractivity contribution < 1.29 is 14.3 Å². The van der Waals surface area contributed by atoms with Gasteiger partial charge in [-0.3, -0.25) is 0 Å². The SMILES string of the molecule is CCSCCOC(=O)c1ccc(C)c(OC)c1. The molecule has 0 spiro atoms. The van der Waals surface area contributed by atoms with Gasteiger partial charge in [-0.05, 0) is 30.4 Å². The lowest BCUT2D eigenvalue weighted by molar-refractivity contribution is 0.0530. The van der Waals surface area contributed by atoms with Crippen LogP contribution in [-0.2, 0) is 4.74 Å². The van der Waals surface area contributed by atoms with Gasteiger partial charge >= 0.3 is 5.97 Å². The van der Waals surface area contributed by atoms with Crippen LogP contribution in [0.25, 0.3) is 0 Å². The lowest BCUT2D eigenvalue weighted by Crippen LogP contribution is -2.08.